The van der Waals surface area contributed by atoms with Gasteiger partial charge in [-0.1, -0.05) is 13.8 Å². The molecule has 0 amide bonds. The second-order valence-electron chi connectivity index (χ2n) is 3.92. The summed E-state index contributed by atoms with van der Waals surface area (Å²) in [4.78, 5) is 0. The van der Waals surface area contributed by atoms with Crippen LogP contribution in [0.25, 0.3) is 0 Å². The molecule has 0 heterocycles. The molecule has 2 unspecified atom stereocenters. The van der Waals surface area contributed by atoms with Gasteiger partial charge in [0, 0.05) is 11.8 Å². The highest BCUT2D eigenvalue weighted by atomic mass is 35.5. The molecule has 0 spiro atoms. The van der Waals surface area contributed by atoms with Crippen LogP contribution >= 0.6 is 23.2 Å². The highest BCUT2D eigenvalue weighted by Gasteiger charge is 2.00. The van der Waals surface area contributed by atoms with Crippen LogP contribution in [0.15, 0.2) is 23.7 Å². The summed E-state index contributed by atoms with van der Waals surface area (Å²) in [5.41, 5.74) is 0. The molecular weight excluding hydrogens is 231 g/mol. The van der Waals surface area contributed by atoms with Crippen LogP contribution in [0, 0.1) is 11.8 Å². The smallest absolute Gasteiger partial charge is 0.0968 e. The van der Waals surface area contributed by atoms with Gasteiger partial charge in [0.25, 0.3) is 0 Å². The van der Waals surface area contributed by atoms with Gasteiger partial charge in [-0.25, -0.2) is 0 Å². The van der Waals surface area contributed by atoms with Gasteiger partial charge in [0.1, 0.15) is 0 Å². The van der Waals surface area contributed by atoms with E-state index < -0.39 is 0 Å². The van der Waals surface area contributed by atoms with Crippen molar-refractivity contribution >= 4 is 23.2 Å². The Balaban J connectivity index is 4.22. The lowest BCUT2D eigenvalue weighted by Crippen LogP contribution is -1.97. The SMILES string of the molecule is C/C(=C\C(C)CCl)O/C(C)=C/C(C)CCl. The maximum Gasteiger partial charge on any atom is 0.0968 e. The van der Waals surface area contributed by atoms with Crippen molar-refractivity contribution in [3.8, 4) is 0 Å². The first kappa shape index (κ1) is 14.9. The van der Waals surface area contributed by atoms with Gasteiger partial charge in [-0.15, -0.1) is 23.2 Å². The summed E-state index contributed by atoms with van der Waals surface area (Å²) in [5, 5.41) is 0. The van der Waals surface area contributed by atoms with Gasteiger partial charge in [0.2, 0.25) is 0 Å². The quantitative estimate of drug-likeness (QED) is 0.496. The van der Waals surface area contributed by atoms with Crippen molar-refractivity contribution in [3.63, 3.8) is 0 Å². The molecule has 0 aromatic rings. The largest absolute Gasteiger partial charge is 0.467 e. The van der Waals surface area contributed by atoms with Crippen LogP contribution < -0.4 is 0 Å². The van der Waals surface area contributed by atoms with Gasteiger partial charge in [-0.2, -0.15) is 0 Å². The summed E-state index contributed by atoms with van der Waals surface area (Å²) in [6.45, 7) is 7.98. The maximum absolute atomic E-state index is 5.71. The molecule has 0 aliphatic heterocycles. The summed E-state index contributed by atoms with van der Waals surface area (Å²) >= 11 is 11.4. The molecule has 0 fully saturated rings. The fraction of sp³-hybridized carbons (Fsp3) is 0.667. The minimum Gasteiger partial charge on any atom is -0.467 e. The molecule has 0 saturated carbocycles. The Morgan fingerprint density at radius 1 is 1.00 bits per heavy atom. The molecule has 0 aliphatic rings. The Bertz CT molecular complexity index is 210. The molecule has 15 heavy (non-hydrogen) atoms. The molecule has 88 valence electrons. The molecule has 0 radical (unpaired) electrons. The van der Waals surface area contributed by atoms with Crippen LogP contribution in [0.5, 0.6) is 0 Å². The third-order valence-corrected chi connectivity index (χ3v) is 2.82. The van der Waals surface area contributed by atoms with Crippen molar-refractivity contribution in [2.45, 2.75) is 27.7 Å². The Hall–Kier alpha value is -0.140. The summed E-state index contributed by atoms with van der Waals surface area (Å²) in [7, 11) is 0. The fourth-order valence-corrected chi connectivity index (χ4v) is 1.39. The summed E-state index contributed by atoms with van der Waals surface area (Å²) < 4.78 is 5.60. The van der Waals surface area contributed by atoms with E-state index in [4.69, 9.17) is 27.9 Å². The Morgan fingerprint density at radius 3 is 1.60 bits per heavy atom. The van der Waals surface area contributed by atoms with Crippen LogP contribution in [-0.2, 0) is 4.74 Å². The zero-order valence-electron chi connectivity index (χ0n) is 9.89. The fourth-order valence-electron chi connectivity index (χ4n) is 1.21. The molecule has 0 aliphatic carbocycles. The monoisotopic (exact) mass is 250 g/mol. The van der Waals surface area contributed by atoms with Gasteiger partial charge in [0.15, 0.2) is 0 Å². The lowest BCUT2D eigenvalue weighted by atomic mass is 10.2. The van der Waals surface area contributed by atoms with Crippen molar-refractivity contribution in [2.75, 3.05) is 11.8 Å². The second kappa shape index (κ2) is 8.06. The summed E-state index contributed by atoms with van der Waals surface area (Å²) in [6.07, 6.45) is 4.05. The van der Waals surface area contributed by atoms with Crippen LogP contribution in [0.1, 0.15) is 27.7 Å². The lowest BCUT2D eigenvalue weighted by Gasteiger charge is -2.09. The standard InChI is InChI=1S/C12H20Cl2O/c1-9(7-13)5-11(3)15-12(4)6-10(2)8-14/h5-6,9-10H,7-8H2,1-4H3/b11-5+,12-6+. The van der Waals surface area contributed by atoms with Gasteiger partial charge < -0.3 is 4.74 Å². The molecule has 1 nitrogen and oxygen atoms in total. The summed E-state index contributed by atoms with van der Waals surface area (Å²) in [6, 6.07) is 0. The van der Waals surface area contributed by atoms with Crippen molar-refractivity contribution in [3.05, 3.63) is 23.7 Å². The Kier molecular flexibility index (Phi) is 7.99. The third kappa shape index (κ3) is 7.75. The van der Waals surface area contributed by atoms with Crippen LogP contribution in [0.2, 0.25) is 0 Å². The first-order chi connectivity index (χ1) is 6.99. The predicted octanol–water partition coefficient (Wildman–Crippen LogP) is 4.56. The highest BCUT2D eigenvalue weighted by Crippen LogP contribution is 2.12. The lowest BCUT2D eigenvalue weighted by molar-refractivity contribution is 0.302. The van der Waals surface area contributed by atoms with E-state index >= 15 is 0 Å². The molecule has 0 bridgehead atoms. The van der Waals surface area contributed by atoms with Crippen LogP contribution in [0.4, 0.5) is 0 Å². The van der Waals surface area contributed by atoms with E-state index in [9.17, 15) is 0 Å². The van der Waals surface area contributed by atoms with Crippen LogP contribution in [-0.4, -0.2) is 11.8 Å². The number of halogens is 2. The number of alkyl halides is 2. The number of hydrogen-bond acceptors (Lipinski definition) is 1. The van der Waals surface area contributed by atoms with E-state index in [1.54, 1.807) is 0 Å². The first-order valence-corrected chi connectivity index (χ1v) is 6.23. The summed E-state index contributed by atoms with van der Waals surface area (Å²) in [5.74, 6) is 3.68. The minimum absolute atomic E-state index is 0.338. The van der Waals surface area contributed by atoms with E-state index in [1.165, 1.54) is 0 Å². The highest BCUT2D eigenvalue weighted by molar-refractivity contribution is 6.18. The normalized spacial score (nSPS) is 17.5. The molecule has 0 aromatic carbocycles. The van der Waals surface area contributed by atoms with Gasteiger partial charge in [0.05, 0.1) is 11.5 Å². The Morgan fingerprint density at radius 2 is 1.33 bits per heavy atom. The maximum atomic E-state index is 5.71. The zero-order chi connectivity index (χ0) is 11.8. The van der Waals surface area contributed by atoms with E-state index in [2.05, 4.69) is 13.8 Å². The first-order valence-electron chi connectivity index (χ1n) is 5.16. The predicted molar refractivity (Wildman–Crippen MR) is 68.4 cm³/mol. The van der Waals surface area contributed by atoms with Gasteiger partial charge >= 0.3 is 0 Å². The minimum atomic E-state index is 0.338. The molecule has 0 saturated heterocycles. The van der Waals surface area contributed by atoms with Crippen molar-refractivity contribution < 1.29 is 4.74 Å². The van der Waals surface area contributed by atoms with Gasteiger partial charge in [-0.05, 0) is 37.8 Å². The van der Waals surface area contributed by atoms with Gasteiger partial charge in [-0.3, -0.25) is 0 Å². The topological polar surface area (TPSA) is 9.23 Å². The Labute approximate surface area is 103 Å². The molecule has 2 atom stereocenters. The molecule has 0 aromatic heterocycles. The van der Waals surface area contributed by atoms with E-state index in [0.29, 0.717) is 23.6 Å². The van der Waals surface area contributed by atoms with Crippen molar-refractivity contribution in [1.29, 1.82) is 0 Å². The zero-order valence-corrected chi connectivity index (χ0v) is 11.4. The van der Waals surface area contributed by atoms with Crippen molar-refractivity contribution in [1.82, 2.24) is 0 Å². The molecule has 3 heteroatoms. The van der Waals surface area contributed by atoms with Crippen molar-refractivity contribution in [2.24, 2.45) is 11.8 Å². The number of hydrogen-bond donors (Lipinski definition) is 0. The van der Waals surface area contributed by atoms with E-state index in [1.807, 2.05) is 26.0 Å². The average Bonchev–Trinajstić information content (AvgIpc) is 2.16. The van der Waals surface area contributed by atoms with E-state index in [0.717, 1.165) is 11.5 Å². The number of ether oxygens (including phenoxy) is 1. The second-order valence-corrected chi connectivity index (χ2v) is 4.54. The average molecular weight is 251 g/mol. The van der Waals surface area contributed by atoms with E-state index in [-0.39, 0.29) is 0 Å². The third-order valence-electron chi connectivity index (χ3n) is 1.85. The number of rotatable bonds is 6. The van der Waals surface area contributed by atoms with Crippen LogP contribution in [0.3, 0.4) is 0 Å². The molecule has 0 N–H and O–H groups in total. The molecule has 0 rings (SSSR count). The molecular formula is C12H20Cl2O. The number of allylic oxidation sites excluding steroid dienone is 4.